The van der Waals surface area contributed by atoms with Crippen molar-refractivity contribution in [3.63, 3.8) is 0 Å². The summed E-state index contributed by atoms with van der Waals surface area (Å²) in [7, 11) is 0. The summed E-state index contributed by atoms with van der Waals surface area (Å²) in [5, 5.41) is 10.5. The molecule has 0 amide bonds. The van der Waals surface area contributed by atoms with Crippen molar-refractivity contribution in [2.24, 2.45) is 0 Å². The van der Waals surface area contributed by atoms with Crippen molar-refractivity contribution in [2.45, 2.75) is 19.4 Å². The van der Waals surface area contributed by atoms with E-state index < -0.39 is 18.3 Å². The van der Waals surface area contributed by atoms with Gasteiger partial charge in [0.05, 0.1) is 30.9 Å². The van der Waals surface area contributed by atoms with E-state index in [0.29, 0.717) is 13.1 Å². The Balaban J connectivity index is 2.17. The first-order chi connectivity index (χ1) is 7.03. The Hall–Kier alpha value is -0.750. The second-order valence-electron chi connectivity index (χ2n) is 3.25. The lowest BCUT2D eigenvalue weighted by molar-refractivity contribution is 0.0264. The Morgan fingerprint density at radius 3 is 2.87 bits per heavy atom. The van der Waals surface area contributed by atoms with Crippen LogP contribution in [0.15, 0.2) is 6.20 Å². The lowest BCUT2D eigenvalue weighted by Gasteiger charge is -2.13. The SMILES string of the molecule is Cc1cnn(CCNCC(F)(F)CCl)n1. The van der Waals surface area contributed by atoms with Gasteiger partial charge in [0.1, 0.15) is 0 Å². The smallest absolute Gasteiger partial charge is 0.273 e. The maximum atomic E-state index is 12.7. The summed E-state index contributed by atoms with van der Waals surface area (Å²) >= 11 is 5.07. The van der Waals surface area contributed by atoms with Crippen molar-refractivity contribution >= 4 is 11.6 Å². The quantitative estimate of drug-likeness (QED) is 0.595. The van der Waals surface area contributed by atoms with E-state index in [2.05, 4.69) is 15.5 Å². The molecule has 1 rings (SSSR count). The number of halogens is 3. The zero-order valence-corrected chi connectivity index (χ0v) is 9.14. The summed E-state index contributed by atoms with van der Waals surface area (Å²) in [4.78, 5) is 1.46. The molecule has 0 saturated heterocycles. The molecule has 7 heteroatoms. The molecule has 0 saturated carbocycles. The van der Waals surface area contributed by atoms with E-state index in [1.54, 1.807) is 6.20 Å². The standard InChI is InChI=1S/C8H13ClF2N4/c1-7-4-13-15(14-7)3-2-12-6-8(10,11)5-9/h4,12H,2-3,5-6H2,1H3. The maximum Gasteiger partial charge on any atom is 0.273 e. The second-order valence-corrected chi connectivity index (χ2v) is 3.52. The van der Waals surface area contributed by atoms with Crippen molar-refractivity contribution in [3.05, 3.63) is 11.9 Å². The minimum absolute atomic E-state index is 0.389. The fourth-order valence-electron chi connectivity index (χ4n) is 0.989. The second kappa shape index (κ2) is 5.37. The highest BCUT2D eigenvalue weighted by atomic mass is 35.5. The minimum Gasteiger partial charge on any atom is -0.309 e. The highest BCUT2D eigenvalue weighted by molar-refractivity contribution is 6.18. The Morgan fingerprint density at radius 1 is 1.60 bits per heavy atom. The van der Waals surface area contributed by atoms with E-state index in [0.717, 1.165) is 5.69 Å². The lowest BCUT2D eigenvalue weighted by Crippen LogP contribution is -2.36. The van der Waals surface area contributed by atoms with Gasteiger partial charge in [0.25, 0.3) is 5.92 Å². The molecule has 15 heavy (non-hydrogen) atoms. The molecule has 0 aliphatic heterocycles. The van der Waals surface area contributed by atoms with Crippen molar-refractivity contribution in [2.75, 3.05) is 19.0 Å². The predicted molar refractivity (Wildman–Crippen MR) is 53.3 cm³/mol. The summed E-state index contributed by atoms with van der Waals surface area (Å²) in [5.41, 5.74) is 0.807. The monoisotopic (exact) mass is 238 g/mol. The number of aromatic nitrogens is 3. The Morgan fingerprint density at radius 2 is 2.33 bits per heavy atom. The van der Waals surface area contributed by atoms with Gasteiger partial charge in [0, 0.05) is 6.54 Å². The number of nitrogens with one attached hydrogen (secondary N) is 1. The topological polar surface area (TPSA) is 42.7 Å². The van der Waals surface area contributed by atoms with E-state index in [1.165, 1.54) is 4.80 Å². The van der Waals surface area contributed by atoms with Crippen LogP contribution < -0.4 is 5.32 Å². The van der Waals surface area contributed by atoms with Gasteiger partial charge >= 0.3 is 0 Å². The molecule has 0 radical (unpaired) electrons. The molecule has 0 atom stereocenters. The first kappa shape index (κ1) is 12.3. The third-order valence-corrected chi connectivity index (χ3v) is 2.11. The summed E-state index contributed by atoms with van der Waals surface area (Å²) in [5.74, 6) is -3.52. The molecular weight excluding hydrogens is 226 g/mol. The Bertz CT molecular complexity index is 303. The number of alkyl halides is 3. The molecule has 0 bridgehead atoms. The van der Waals surface area contributed by atoms with Crippen molar-refractivity contribution in [1.29, 1.82) is 0 Å². The van der Waals surface area contributed by atoms with Crippen LogP contribution in [0, 0.1) is 6.92 Å². The van der Waals surface area contributed by atoms with Crippen LogP contribution in [-0.4, -0.2) is 39.9 Å². The van der Waals surface area contributed by atoms with Gasteiger partial charge in [-0.25, -0.2) is 8.78 Å². The normalized spacial score (nSPS) is 12.0. The van der Waals surface area contributed by atoms with Gasteiger partial charge in [0.15, 0.2) is 0 Å². The van der Waals surface area contributed by atoms with Gasteiger partial charge in [-0.2, -0.15) is 15.0 Å². The fourth-order valence-corrected chi connectivity index (χ4v) is 1.08. The van der Waals surface area contributed by atoms with Crippen LogP contribution in [0.25, 0.3) is 0 Å². The molecule has 0 spiro atoms. The average Bonchev–Trinajstić information content (AvgIpc) is 2.59. The van der Waals surface area contributed by atoms with E-state index in [1.807, 2.05) is 6.92 Å². The number of hydrogen-bond acceptors (Lipinski definition) is 3. The lowest BCUT2D eigenvalue weighted by atomic mass is 10.4. The molecule has 1 aromatic rings. The third-order valence-electron chi connectivity index (χ3n) is 1.72. The summed E-state index contributed by atoms with van der Waals surface area (Å²) in [6.07, 6.45) is 1.62. The largest absolute Gasteiger partial charge is 0.309 e. The molecule has 1 heterocycles. The van der Waals surface area contributed by atoms with Gasteiger partial charge in [-0.15, -0.1) is 11.6 Å². The first-order valence-electron chi connectivity index (χ1n) is 4.55. The molecule has 0 fully saturated rings. The average molecular weight is 239 g/mol. The first-order valence-corrected chi connectivity index (χ1v) is 5.08. The number of rotatable bonds is 6. The fraction of sp³-hybridized carbons (Fsp3) is 0.750. The van der Waals surface area contributed by atoms with Crippen LogP contribution >= 0.6 is 11.6 Å². The predicted octanol–water partition coefficient (Wildman–Crippen LogP) is 1.05. The van der Waals surface area contributed by atoms with E-state index in [4.69, 9.17) is 11.6 Å². The molecule has 1 aromatic heterocycles. The molecule has 4 nitrogen and oxygen atoms in total. The van der Waals surface area contributed by atoms with Crippen LogP contribution in [0.4, 0.5) is 8.78 Å². The van der Waals surface area contributed by atoms with E-state index >= 15 is 0 Å². The Kier molecular flexibility index (Phi) is 4.41. The number of nitrogens with zero attached hydrogens (tertiary/aromatic N) is 3. The Labute approximate surface area is 91.6 Å². The summed E-state index contributed by atoms with van der Waals surface area (Å²) in [6.45, 7) is 2.25. The van der Waals surface area contributed by atoms with Gasteiger partial charge in [-0.3, -0.25) is 0 Å². The highest BCUT2D eigenvalue weighted by Crippen LogP contribution is 2.12. The summed E-state index contributed by atoms with van der Waals surface area (Å²) < 4.78 is 25.3. The maximum absolute atomic E-state index is 12.7. The number of aryl methyl sites for hydroxylation is 1. The summed E-state index contributed by atoms with van der Waals surface area (Å²) in [6, 6.07) is 0. The van der Waals surface area contributed by atoms with E-state index in [9.17, 15) is 8.78 Å². The zero-order valence-electron chi connectivity index (χ0n) is 8.38. The van der Waals surface area contributed by atoms with Crippen molar-refractivity contribution in [3.8, 4) is 0 Å². The van der Waals surface area contributed by atoms with Crippen LogP contribution in [-0.2, 0) is 6.54 Å². The molecule has 0 unspecified atom stereocenters. The van der Waals surface area contributed by atoms with Crippen LogP contribution in [0.1, 0.15) is 5.69 Å². The molecule has 86 valence electrons. The molecule has 0 aromatic carbocycles. The highest BCUT2D eigenvalue weighted by Gasteiger charge is 2.26. The van der Waals surface area contributed by atoms with Crippen LogP contribution in [0.3, 0.4) is 0 Å². The van der Waals surface area contributed by atoms with Crippen LogP contribution in [0.2, 0.25) is 0 Å². The zero-order chi connectivity index (χ0) is 11.3. The van der Waals surface area contributed by atoms with Gasteiger partial charge in [0.2, 0.25) is 0 Å². The van der Waals surface area contributed by atoms with E-state index in [-0.39, 0.29) is 0 Å². The molecule has 0 aliphatic carbocycles. The molecule has 0 aliphatic rings. The van der Waals surface area contributed by atoms with Crippen molar-refractivity contribution in [1.82, 2.24) is 20.3 Å². The van der Waals surface area contributed by atoms with Gasteiger partial charge in [-0.1, -0.05) is 0 Å². The number of hydrogen-bond donors (Lipinski definition) is 1. The van der Waals surface area contributed by atoms with Crippen LogP contribution in [0.5, 0.6) is 0 Å². The molecular formula is C8H13ClF2N4. The molecule has 1 N–H and O–H groups in total. The van der Waals surface area contributed by atoms with Crippen molar-refractivity contribution < 1.29 is 8.78 Å². The van der Waals surface area contributed by atoms with Gasteiger partial charge < -0.3 is 5.32 Å². The third kappa shape index (κ3) is 4.53. The minimum atomic E-state index is -2.85. The van der Waals surface area contributed by atoms with Gasteiger partial charge in [-0.05, 0) is 6.92 Å².